The van der Waals surface area contributed by atoms with Crippen molar-refractivity contribution < 1.29 is 4.74 Å². The highest BCUT2D eigenvalue weighted by molar-refractivity contribution is 7.98. The van der Waals surface area contributed by atoms with Crippen LogP contribution in [0.5, 0.6) is 0 Å². The maximum Gasteiger partial charge on any atom is 0.344 e. The van der Waals surface area contributed by atoms with Crippen molar-refractivity contribution in [1.82, 2.24) is 19.7 Å². The Bertz CT molecular complexity index is 666. The first-order valence-electron chi connectivity index (χ1n) is 6.72. The molecule has 2 aromatic rings. The second-order valence-corrected chi connectivity index (χ2v) is 6.16. The second-order valence-electron chi connectivity index (χ2n) is 4.81. The van der Waals surface area contributed by atoms with Gasteiger partial charge in [0.05, 0.1) is 17.7 Å². The van der Waals surface area contributed by atoms with Crippen LogP contribution in [0.3, 0.4) is 0 Å². The first-order chi connectivity index (χ1) is 10.2. The van der Waals surface area contributed by atoms with Crippen LogP contribution < -0.4 is 5.69 Å². The van der Waals surface area contributed by atoms with Crippen molar-refractivity contribution in [3.63, 3.8) is 0 Å². The molecule has 1 aliphatic heterocycles. The number of pyridine rings is 1. The smallest absolute Gasteiger partial charge is 0.344 e. The predicted octanol–water partition coefficient (Wildman–Crippen LogP) is 2.09. The van der Waals surface area contributed by atoms with Gasteiger partial charge in [0.2, 0.25) is 0 Å². The number of hydrogen-bond donors (Lipinski definition) is 1. The van der Waals surface area contributed by atoms with Crippen LogP contribution in [0, 0.1) is 0 Å². The zero-order valence-corrected chi connectivity index (χ0v) is 12.9. The molecule has 0 unspecified atom stereocenters. The molecule has 0 bridgehead atoms. The molecule has 0 aliphatic carbocycles. The van der Waals surface area contributed by atoms with Gasteiger partial charge in [0.25, 0.3) is 0 Å². The summed E-state index contributed by atoms with van der Waals surface area (Å²) < 4.78 is 7.21. The number of nitrogens with one attached hydrogen (secondary N) is 1. The standard InChI is InChI=1S/C13H15ClN4O2S/c14-11-6-15-4-3-9(11)8-21-13-17-16-12(19)18(13)7-10-2-1-5-20-10/h3-4,6,10H,1-2,5,7-8H2,(H,16,19)/t10-/m0/s1. The molecule has 1 fully saturated rings. The van der Waals surface area contributed by atoms with Crippen molar-refractivity contribution in [2.24, 2.45) is 0 Å². The molecule has 1 N–H and O–H groups in total. The van der Waals surface area contributed by atoms with Crippen molar-refractivity contribution in [2.75, 3.05) is 6.61 Å². The van der Waals surface area contributed by atoms with Gasteiger partial charge in [0, 0.05) is 24.8 Å². The number of thioether (sulfide) groups is 1. The van der Waals surface area contributed by atoms with Gasteiger partial charge in [0.1, 0.15) is 0 Å². The Hall–Kier alpha value is -1.31. The van der Waals surface area contributed by atoms with Crippen molar-refractivity contribution >= 4 is 23.4 Å². The van der Waals surface area contributed by atoms with E-state index in [4.69, 9.17) is 16.3 Å². The summed E-state index contributed by atoms with van der Waals surface area (Å²) in [4.78, 5) is 15.8. The fourth-order valence-corrected chi connectivity index (χ4v) is 3.45. The summed E-state index contributed by atoms with van der Waals surface area (Å²) in [5.41, 5.74) is 0.768. The highest BCUT2D eigenvalue weighted by Gasteiger charge is 2.19. The van der Waals surface area contributed by atoms with Gasteiger partial charge in [-0.3, -0.25) is 9.55 Å². The zero-order valence-electron chi connectivity index (χ0n) is 11.3. The number of H-pyrrole nitrogens is 1. The topological polar surface area (TPSA) is 72.8 Å². The lowest BCUT2D eigenvalue weighted by atomic mass is 10.2. The van der Waals surface area contributed by atoms with Crippen LogP contribution in [0.2, 0.25) is 5.02 Å². The van der Waals surface area contributed by atoms with Crippen molar-refractivity contribution in [3.05, 3.63) is 39.5 Å². The molecule has 112 valence electrons. The Morgan fingerprint density at radius 2 is 2.48 bits per heavy atom. The monoisotopic (exact) mass is 326 g/mol. The Morgan fingerprint density at radius 3 is 3.24 bits per heavy atom. The first-order valence-corrected chi connectivity index (χ1v) is 8.08. The molecule has 21 heavy (non-hydrogen) atoms. The van der Waals surface area contributed by atoms with E-state index >= 15 is 0 Å². The number of ether oxygens (including phenoxy) is 1. The quantitative estimate of drug-likeness (QED) is 0.852. The maximum atomic E-state index is 11.8. The molecule has 0 amide bonds. The number of rotatable bonds is 5. The van der Waals surface area contributed by atoms with Gasteiger partial charge in [-0.15, -0.1) is 5.10 Å². The largest absolute Gasteiger partial charge is 0.376 e. The van der Waals surface area contributed by atoms with E-state index in [1.165, 1.54) is 11.8 Å². The van der Waals surface area contributed by atoms with E-state index in [-0.39, 0.29) is 11.8 Å². The summed E-state index contributed by atoms with van der Waals surface area (Å²) >= 11 is 7.55. The average molecular weight is 327 g/mol. The number of aromatic nitrogens is 4. The van der Waals surface area contributed by atoms with Crippen molar-refractivity contribution in [3.8, 4) is 0 Å². The highest BCUT2D eigenvalue weighted by atomic mass is 35.5. The minimum Gasteiger partial charge on any atom is -0.376 e. The molecule has 6 nitrogen and oxygen atoms in total. The lowest BCUT2D eigenvalue weighted by Crippen LogP contribution is -2.24. The first kappa shape index (κ1) is 14.6. The molecule has 0 saturated carbocycles. The van der Waals surface area contributed by atoms with E-state index in [1.54, 1.807) is 17.0 Å². The van der Waals surface area contributed by atoms with Crippen molar-refractivity contribution in [1.29, 1.82) is 0 Å². The Balaban J connectivity index is 1.71. The molecule has 0 spiro atoms. The molecule has 0 radical (unpaired) electrons. The SMILES string of the molecule is O=c1[nH]nc(SCc2ccncc2Cl)n1C[C@@H]1CCCO1. The minimum atomic E-state index is -0.200. The van der Waals surface area contributed by atoms with Crippen LogP contribution in [0.15, 0.2) is 28.4 Å². The van der Waals surface area contributed by atoms with Gasteiger partial charge in [-0.1, -0.05) is 23.4 Å². The van der Waals surface area contributed by atoms with Gasteiger partial charge in [-0.25, -0.2) is 9.89 Å². The number of nitrogens with zero attached hydrogens (tertiary/aromatic N) is 3. The van der Waals surface area contributed by atoms with Gasteiger partial charge < -0.3 is 4.74 Å². The molecule has 0 aromatic carbocycles. The third-order valence-electron chi connectivity index (χ3n) is 3.35. The maximum absolute atomic E-state index is 11.8. The summed E-state index contributed by atoms with van der Waals surface area (Å²) in [6, 6.07) is 1.87. The number of hydrogen-bond acceptors (Lipinski definition) is 5. The minimum absolute atomic E-state index is 0.101. The molecule has 1 saturated heterocycles. The summed E-state index contributed by atoms with van der Waals surface area (Å²) in [6.07, 6.45) is 5.45. The van der Waals surface area contributed by atoms with E-state index in [9.17, 15) is 4.79 Å². The van der Waals surface area contributed by atoms with E-state index in [0.717, 1.165) is 25.0 Å². The van der Waals surface area contributed by atoms with E-state index in [2.05, 4.69) is 15.2 Å². The number of halogens is 1. The lowest BCUT2D eigenvalue weighted by Gasteiger charge is -2.11. The van der Waals surface area contributed by atoms with Gasteiger partial charge in [-0.2, -0.15) is 0 Å². The normalized spacial score (nSPS) is 18.2. The van der Waals surface area contributed by atoms with Gasteiger partial charge >= 0.3 is 5.69 Å². The second kappa shape index (κ2) is 6.64. The van der Waals surface area contributed by atoms with Crippen LogP contribution in [0.1, 0.15) is 18.4 Å². The Labute approximate surface area is 130 Å². The number of aromatic amines is 1. The summed E-state index contributed by atoms with van der Waals surface area (Å²) in [6.45, 7) is 1.31. The molecule has 3 rings (SSSR count). The lowest BCUT2D eigenvalue weighted by molar-refractivity contribution is 0.0941. The highest BCUT2D eigenvalue weighted by Crippen LogP contribution is 2.24. The fourth-order valence-electron chi connectivity index (χ4n) is 2.23. The summed E-state index contributed by atoms with van der Waals surface area (Å²) in [5.74, 6) is 0.636. The van der Waals surface area contributed by atoms with Gasteiger partial charge in [0.15, 0.2) is 5.16 Å². The summed E-state index contributed by atoms with van der Waals surface area (Å²) in [7, 11) is 0. The van der Waals surface area contributed by atoms with Crippen LogP contribution in [-0.2, 0) is 17.0 Å². The third kappa shape index (κ3) is 3.48. The van der Waals surface area contributed by atoms with E-state index in [0.29, 0.717) is 22.5 Å². The van der Waals surface area contributed by atoms with Crippen molar-refractivity contribution in [2.45, 2.75) is 36.4 Å². The molecule has 2 aromatic heterocycles. The van der Waals surface area contributed by atoms with Crippen LogP contribution >= 0.6 is 23.4 Å². The van der Waals surface area contributed by atoms with E-state index in [1.807, 2.05) is 6.07 Å². The summed E-state index contributed by atoms with van der Waals surface area (Å²) in [5, 5.41) is 7.85. The van der Waals surface area contributed by atoms with E-state index < -0.39 is 0 Å². The zero-order chi connectivity index (χ0) is 14.7. The molecular weight excluding hydrogens is 312 g/mol. The van der Waals surface area contributed by atoms with Crippen LogP contribution in [0.25, 0.3) is 0 Å². The fraction of sp³-hybridized carbons (Fsp3) is 0.462. The molecule has 1 atom stereocenters. The molecule has 1 aliphatic rings. The van der Waals surface area contributed by atoms with Gasteiger partial charge in [-0.05, 0) is 24.5 Å². The molecule has 8 heteroatoms. The average Bonchev–Trinajstić information content (AvgIpc) is 3.11. The van der Waals surface area contributed by atoms with Crippen LogP contribution in [0.4, 0.5) is 0 Å². The molecular formula is C13H15ClN4O2S. The third-order valence-corrected chi connectivity index (χ3v) is 4.71. The predicted molar refractivity (Wildman–Crippen MR) is 80.6 cm³/mol. The Kier molecular flexibility index (Phi) is 4.62. The molecule has 3 heterocycles. The Morgan fingerprint density at radius 1 is 1.57 bits per heavy atom. The van der Waals surface area contributed by atoms with Crippen LogP contribution in [-0.4, -0.2) is 32.5 Å².